The number of nitrogens with two attached hydrogens (primary N) is 1. The molecule has 2 rings (SSSR count). The van der Waals surface area contributed by atoms with Gasteiger partial charge in [-0.1, -0.05) is 19.3 Å². The molecule has 1 fully saturated rings. The zero-order valence-corrected chi connectivity index (χ0v) is 11.5. The summed E-state index contributed by atoms with van der Waals surface area (Å²) < 4.78 is 5.27. The molecular formula is C13H21ClN2O2. The van der Waals surface area contributed by atoms with E-state index in [2.05, 4.69) is 5.32 Å². The van der Waals surface area contributed by atoms with Crippen LogP contribution in [-0.2, 0) is 0 Å². The molecule has 1 amide bonds. The standard InChI is InChI=1S/C13H20N2O2.ClH/c1-10-5-6-11(17-10)12(16)15-9-13(14)7-3-2-4-8-13;/h5-6H,2-4,7-9,14H2,1H3,(H,15,16);1H. The van der Waals surface area contributed by atoms with Crippen molar-refractivity contribution >= 4 is 18.3 Å². The molecule has 18 heavy (non-hydrogen) atoms. The highest BCUT2D eigenvalue weighted by atomic mass is 35.5. The second-order valence-corrected chi connectivity index (χ2v) is 5.02. The molecule has 0 aromatic carbocycles. The number of aryl methyl sites for hydroxylation is 1. The summed E-state index contributed by atoms with van der Waals surface area (Å²) in [5.74, 6) is 0.936. The van der Waals surface area contributed by atoms with E-state index < -0.39 is 0 Å². The molecule has 0 aliphatic heterocycles. The van der Waals surface area contributed by atoms with Crippen molar-refractivity contribution < 1.29 is 9.21 Å². The Morgan fingerprint density at radius 2 is 2.06 bits per heavy atom. The smallest absolute Gasteiger partial charge is 0.287 e. The molecule has 1 aromatic heterocycles. The van der Waals surface area contributed by atoms with E-state index in [1.165, 1.54) is 6.42 Å². The van der Waals surface area contributed by atoms with E-state index in [1.54, 1.807) is 12.1 Å². The third kappa shape index (κ3) is 3.75. The van der Waals surface area contributed by atoms with Crippen molar-refractivity contribution in [3.8, 4) is 0 Å². The van der Waals surface area contributed by atoms with Gasteiger partial charge in [-0.2, -0.15) is 0 Å². The molecule has 0 bridgehead atoms. The van der Waals surface area contributed by atoms with Crippen molar-refractivity contribution in [1.82, 2.24) is 5.32 Å². The van der Waals surface area contributed by atoms with Crippen molar-refractivity contribution in [2.75, 3.05) is 6.54 Å². The Labute approximate surface area is 114 Å². The second kappa shape index (κ2) is 6.25. The average molecular weight is 273 g/mol. The molecule has 1 aliphatic rings. The molecule has 1 aliphatic carbocycles. The topological polar surface area (TPSA) is 68.3 Å². The largest absolute Gasteiger partial charge is 0.456 e. The zero-order chi connectivity index (χ0) is 12.3. The summed E-state index contributed by atoms with van der Waals surface area (Å²) in [5, 5.41) is 2.86. The summed E-state index contributed by atoms with van der Waals surface area (Å²) in [4.78, 5) is 11.8. The quantitative estimate of drug-likeness (QED) is 0.888. The van der Waals surface area contributed by atoms with Gasteiger partial charge in [0.2, 0.25) is 0 Å². The molecule has 0 spiro atoms. The van der Waals surface area contributed by atoms with Crippen LogP contribution in [0, 0.1) is 6.92 Å². The second-order valence-electron chi connectivity index (χ2n) is 5.02. The fraction of sp³-hybridized carbons (Fsp3) is 0.615. The van der Waals surface area contributed by atoms with Crippen molar-refractivity contribution in [3.63, 3.8) is 0 Å². The molecule has 5 heteroatoms. The highest BCUT2D eigenvalue weighted by Gasteiger charge is 2.28. The Bertz CT molecular complexity index is 397. The van der Waals surface area contributed by atoms with E-state index in [0.29, 0.717) is 12.3 Å². The zero-order valence-electron chi connectivity index (χ0n) is 10.7. The first-order chi connectivity index (χ1) is 8.09. The molecule has 0 saturated heterocycles. The van der Waals surface area contributed by atoms with Crippen molar-refractivity contribution in [1.29, 1.82) is 0 Å². The van der Waals surface area contributed by atoms with Crippen molar-refractivity contribution in [2.24, 2.45) is 5.73 Å². The Kier molecular flexibility index (Phi) is 5.23. The van der Waals surface area contributed by atoms with Gasteiger partial charge in [-0.05, 0) is 31.9 Å². The maximum atomic E-state index is 11.8. The average Bonchev–Trinajstić information content (AvgIpc) is 2.74. The van der Waals surface area contributed by atoms with Gasteiger partial charge in [0.25, 0.3) is 5.91 Å². The SMILES string of the molecule is Cc1ccc(C(=O)NCC2(N)CCCCC2)o1.Cl. The summed E-state index contributed by atoms with van der Waals surface area (Å²) in [6.07, 6.45) is 5.55. The molecule has 1 aromatic rings. The highest BCUT2D eigenvalue weighted by molar-refractivity contribution is 5.91. The summed E-state index contributed by atoms with van der Waals surface area (Å²) in [7, 11) is 0. The predicted molar refractivity (Wildman–Crippen MR) is 73.0 cm³/mol. The number of carbonyl (C=O) groups is 1. The Morgan fingerprint density at radius 1 is 1.39 bits per heavy atom. The molecule has 3 N–H and O–H groups in total. The first-order valence-corrected chi connectivity index (χ1v) is 6.23. The lowest BCUT2D eigenvalue weighted by Gasteiger charge is -2.33. The molecule has 102 valence electrons. The predicted octanol–water partition coefficient (Wildman–Crippen LogP) is 2.40. The fourth-order valence-corrected chi connectivity index (χ4v) is 2.33. The molecule has 0 atom stereocenters. The van der Waals surface area contributed by atoms with Gasteiger partial charge in [-0.25, -0.2) is 0 Å². The number of carbonyl (C=O) groups excluding carboxylic acids is 1. The van der Waals surface area contributed by atoms with Crippen LogP contribution in [0.2, 0.25) is 0 Å². The summed E-state index contributed by atoms with van der Waals surface area (Å²) >= 11 is 0. The van der Waals surface area contributed by atoms with E-state index >= 15 is 0 Å². The maximum Gasteiger partial charge on any atom is 0.287 e. The van der Waals surface area contributed by atoms with Gasteiger partial charge >= 0.3 is 0 Å². The lowest BCUT2D eigenvalue weighted by atomic mass is 9.82. The van der Waals surface area contributed by atoms with Crippen LogP contribution in [0.1, 0.15) is 48.4 Å². The van der Waals surface area contributed by atoms with Gasteiger partial charge in [-0.3, -0.25) is 4.79 Å². The van der Waals surface area contributed by atoms with Crippen LogP contribution in [0.15, 0.2) is 16.5 Å². The highest BCUT2D eigenvalue weighted by Crippen LogP contribution is 2.25. The lowest BCUT2D eigenvalue weighted by molar-refractivity contribution is 0.0908. The number of hydrogen-bond acceptors (Lipinski definition) is 3. The third-order valence-electron chi connectivity index (χ3n) is 3.41. The molecule has 0 radical (unpaired) electrons. The molecule has 1 saturated carbocycles. The van der Waals surface area contributed by atoms with E-state index in [9.17, 15) is 4.79 Å². The molecular weight excluding hydrogens is 252 g/mol. The first-order valence-electron chi connectivity index (χ1n) is 6.23. The van der Waals surface area contributed by atoms with Gasteiger partial charge in [0.05, 0.1) is 0 Å². The maximum absolute atomic E-state index is 11.8. The third-order valence-corrected chi connectivity index (χ3v) is 3.41. The van der Waals surface area contributed by atoms with Gasteiger partial charge < -0.3 is 15.5 Å². The molecule has 0 unspecified atom stereocenters. The van der Waals surface area contributed by atoms with E-state index in [4.69, 9.17) is 10.2 Å². The first kappa shape index (κ1) is 15.1. The van der Waals surface area contributed by atoms with Crippen LogP contribution in [-0.4, -0.2) is 18.0 Å². The Hall–Kier alpha value is -1.00. The number of halogens is 1. The van der Waals surface area contributed by atoms with Crippen LogP contribution >= 0.6 is 12.4 Å². The summed E-state index contributed by atoms with van der Waals surface area (Å²) in [6, 6.07) is 3.47. The van der Waals surface area contributed by atoms with E-state index in [1.807, 2.05) is 6.92 Å². The van der Waals surface area contributed by atoms with Crippen LogP contribution < -0.4 is 11.1 Å². The minimum atomic E-state index is -0.227. The van der Waals surface area contributed by atoms with Gasteiger partial charge in [0.15, 0.2) is 5.76 Å². The Morgan fingerprint density at radius 3 is 2.61 bits per heavy atom. The van der Waals surface area contributed by atoms with Crippen molar-refractivity contribution in [3.05, 3.63) is 23.7 Å². The van der Waals surface area contributed by atoms with Crippen molar-refractivity contribution in [2.45, 2.75) is 44.6 Å². The molecule has 4 nitrogen and oxygen atoms in total. The monoisotopic (exact) mass is 272 g/mol. The van der Waals surface area contributed by atoms with Gasteiger partial charge in [-0.15, -0.1) is 12.4 Å². The van der Waals surface area contributed by atoms with E-state index in [0.717, 1.165) is 31.4 Å². The van der Waals surface area contributed by atoms with Crippen LogP contribution in [0.4, 0.5) is 0 Å². The number of furan rings is 1. The Balaban J connectivity index is 0.00000162. The fourth-order valence-electron chi connectivity index (χ4n) is 2.33. The van der Waals surface area contributed by atoms with Gasteiger partial charge in [0, 0.05) is 12.1 Å². The number of rotatable bonds is 3. The van der Waals surface area contributed by atoms with Crippen LogP contribution in [0.5, 0.6) is 0 Å². The number of amides is 1. The van der Waals surface area contributed by atoms with Crippen LogP contribution in [0.25, 0.3) is 0 Å². The number of nitrogens with one attached hydrogen (secondary N) is 1. The summed E-state index contributed by atoms with van der Waals surface area (Å²) in [5.41, 5.74) is 6.02. The van der Waals surface area contributed by atoms with E-state index in [-0.39, 0.29) is 23.9 Å². The van der Waals surface area contributed by atoms with Crippen LogP contribution in [0.3, 0.4) is 0 Å². The lowest BCUT2D eigenvalue weighted by Crippen LogP contribution is -2.51. The normalized spacial score (nSPS) is 17.9. The molecule has 1 heterocycles. The minimum Gasteiger partial charge on any atom is -0.456 e. The number of hydrogen-bond donors (Lipinski definition) is 2. The van der Waals surface area contributed by atoms with Gasteiger partial charge in [0.1, 0.15) is 5.76 Å². The summed E-state index contributed by atoms with van der Waals surface area (Å²) in [6.45, 7) is 2.36. The minimum absolute atomic E-state index is 0.